The van der Waals surface area contributed by atoms with Gasteiger partial charge in [-0.05, 0) is 65.5 Å². The Bertz CT molecular complexity index is 275. The van der Waals surface area contributed by atoms with Crippen LogP contribution >= 0.6 is 0 Å². The van der Waals surface area contributed by atoms with E-state index in [1.165, 1.54) is 0 Å². The van der Waals surface area contributed by atoms with Gasteiger partial charge in [0.2, 0.25) is 5.91 Å². The van der Waals surface area contributed by atoms with E-state index in [9.17, 15) is 4.79 Å². The predicted octanol–water partition coefficient (Wildman–Crippen LogP) is 2.48. The van der Waals surface area contributed by atoms with Crippen molar-refractivity contribution in [2.75, 3.05) is 13.1 Å². The highest BCUT2D eigenvalue weighted by Gasteiger charge is 2.30. The molecule has 1 aliphatic heterocycles. The van der Waals surface area contributed by atoms with Crippen molar-refractivity contribution in [3.05, 3.63) is 12.7 Å². The molecule has 1 atom stereocenters. The van der Waals surface area contributed by atoms with E-state index in [0.29, 0.717) is 5.92 Å². The highest BCUT2D eigenvalue weighted by Crippen LogP contribution is 2.27. The van der Waals surface area contributed by atoms with E-state index in [4.69, 9.17) is 0 Å². The minimum absolute atomic E-state index is 0.142. The van der Waals surface area contributed by atoms with Gasteiger partial charge >= 0.3 is 0 Å². The van der Waals surface area contributed by atoms with Crippen molar-refractivity contribution in [2.45, 2.75) is 52.0 Å². The summed E-state index contributed by atoms with van der Waals surface area (Å²) in [6.07, 6.45) is 5.99. The van der Waals surface area contributed by atoms with Gasteiger partial charge in [-0.1, -0.05) is 6.08 Å². The van der Waals surface area contributed by atoms with Crippen LogP contribution in [0.4, 0.5) is 0 Å². The highest BCUT2D eigenvalue weighted by molar-refractivity contribution is 5.79. The van der Waals surface area contributed by atoms with Gasteiger partial charge in [0.05, 0.1) is 0 Å². The third-order valence-electron chi connectivity index (χ3n) is 3.47. The second-order valence-corrected chi connectivity index (χ2v) is 6.30. The Morgan fingerprint density at radius 1 is 1.44 bits per heavy atom. The fraction of sp³-hybridized carbons (Fsp3) is 0.800. The molecule has 3 nitrogen and oxygen atoms in total. The fourth-order valence-electron chi connectivity index (χ4n) is 2.59. The lowest BCUT2D eigenvalue weighted by Gasteiger charge is -2.32. The van der Waals surface area contributed by atoms with Gasteiger partial charge in [-0.15, -0.1) is 6.58 Å². The zero-order chi connectivity index (χ0) is 13.6. The Hall–Kier alpha value is -0.830. The molecule has 0 aromatic heterocycles. The van der Waals surface area contributed by atoms with E-state index in [1.807, 2.05) is 26.8 Å². The number of carbonyl (C=O) groups excluding carboxylic acids is 1. The van der Waals surface area contributed by atoms with Crippen LogP contribution in [0, 0.1) is 11.8 Å². The molecule has 2 N–H and O–H groups in total. The lowest BCUT2D eigenvalue weighted by atomic mass is 9.81. The molecule has 0 saturated carbocycles. The van der Waals surface area contributed by atoms with Crippen LogP contribution in [0.25, 0.3) is 0 Å². The maximum absolute atomic E-state index is 12.4. The summed E-state index contributed by atoms with van der Waals surface area (Å²) >= 11 is 0. The molecule has 0 aromatic rings. The van der Waals surface area contributed by atoms with Crippen molar-refractivity contribution in [1.29, 1.82) is 0 Å². The van der Waals surface area contributed by atoms with E-state index < -0.39 is 0 Å². The Morgan fingerprint density at radius 2 is 2.06 bits per heavy atom. The third kappa shape index (κ3) is 5.21. The Kier molecular flexibility index (Phi) is 5.86. The Balaban J connectivity index is 2.63. The maximum atomic E-state index is 12.4. The summed E-state index contributed by atoms with van der Waals surface area (Å²) in [7, 11) is 0. The number of amides is 1. The van der Waals surface area contributed by atoms with E-state index in [0.717, 1.165) is 38.8 Å². The topological polar surface area (TPSA) is 41.1 Å². The SMILES string of the molecule is C=CCCC(C(=O)NC(C)(C)C)C1CCNCC1. The normalized spacial score (nSPS) is 19.3. The van der Waals surface area contributed by atoms with E-state index in [2.05, 4.69) is 17.2 Å². The van der Waals surface area contributed by atoms with Crippen molar-refractivity contribution < 1.29 is 4.79 Å². The van der Waals surface area contributed by atoms with E-state index >= 15 is 0 Å². The molecule has 0 bridgehead atoms. The Labute approximate surface area is 111 Å². The van der Waals surface area contributed by atoms with Crippen LogP contribution < -0.4 is 10.6 Å². The summed E-state index contributed by atoms with van der Waals surface area (Å²) < 4.78 is 0. The molecule has 1 rings (SSSR count). The molecule has 1 saturated heterocycles. The van der Waals surface area contributed by atoms with E-state index in [1.54, 1.807) is 0 Å². The average Bonchev–Trinajstić information content (AvgIpc) is 2.28. The largest absolute Gasteiger partial charge is 0.351 e. The van der Waals surface area contributed by atoms with Crippen LogP contribution in [0.3, 0.4) is 0 Å². The summed E-state index contributed by atoms with van der Waals surface area (Å²) in [5.41, 5.74) is -0.142. The van der Waals surface area contributed by atoms with Crippen LogP contribution in [0.5, 0.6) is 0 Å². The molecule has 1 amide bonds. The number of hydrogen-bond acceptors (Lipinski definition) is 2. The van der Waals surface area contributed by atoms with Gasteiger partial charge in [-0.2, -0.15) is 0 Å². The zero-order valence-corrected chi connectivity index (χ0v) is 12.1. The molecule has 0 aromatic carbocycles. The molecule has 1 fully saturated rings. The van der Waals surface area contributed by atoms with Gasteiger partial charge in [0.25, 0.3) is 0 Å². The molecule has 0 spiro atoms. The van der Waals surface area contributed by atoms with Crippen LogP contribution in [-0.2, 0) is 4.79 Å². The molecular weight excluding hydrogens is 224 g/mol. The molecule has 1 heterocycles. The summed E-state index contributed by atoms with van der Waals surface area (Å²) in [4.78, 5) is 12.4. The number of allylic oxidation sites excluding steroid dienone is 1. The summed E-state index contributed by atoms with van der Waals surface area (Å²) in [6.45, 7) is 12.0. The van der Waals surface area contributed by atoms with Crippen LogP contribution in [0.15, 0.2) is 12.7 Å². The maximum Gasteiger partial charge on any atom is 0.223 e. The number of hydrogen-bond donors (Lipinski definition) is 2. The monoisotopic (exact) mass is 252 g/mol. The minimum atomic E-state index is -0.142. The number of carbonyl (C=O) groups is 1. The number of nitrogens with one attached hydrogen (secondary N) is 2. The molecule has 104 valence electrons. The highest BCUT2D eigenvalue weighted by atomic mass is 16.2. The van der Waals surface area contributed by atoms with Crippen molar-refractivity contribution in [1.82, 2.24) is 10.6 Å². The number of piperidine rings is 1. The van der Waals surface area contributed by atoms with Crippen LogP contribution in [-0.4, -0.2) is 24.5 Å². The third-order valence-corrected chi connectivity index (χ3v) is 3.47. The van der Waals surface area contributed by atoms with Gasteiger partial charge in [-0.3, -0.25) is 4.79 Å². The molecule has 1 unspecified atom stereocenters. The van der Waals surface area contributed by atoms with E-state index in [-0.39, 0.29) is 17.4 Å². The predicted molar refractivity (Wildman–Crippen MR) is 76.4 cm³/mol. The fourth-order valence-corrected chi connectivity index (χ4v) is 2.59. The first-order valence-corrected chi connectivity index (χ1v) is 7.07. The summed E-state index contributed by atoms with van der Waals surface area (Å²) in [5, 5.41) is 6.49. The lowest BCUT2D eigenvalue weighted by Crippen LogP contribution is -2.47. The quantitative estimate of drug-likeness (QED) is 0.738. The summed E-state index contributed by atoms with van der Waals surface area (Å²) in [6, 6.07) is 0. The first-order valence-electron chi connectivity index (χ1n) is 7.07. The van der Waals surface area contributed by atoms with Gasteiger partial charge in [-0.25, -0.2) is 0 Å². The molecule has 0 aliphatic carbocycles. The molecular formula is C15H28N2O. The van der Waals surface area contributed by atoms with Crippen molar-refractivity contribution in [2.24, 2.45) is 11.8 Å². The molecule has 0 radical (unpaired) electrons. The van der Waals surface area contributed by atoms with Crippen molar-refractivity contribution >= 4 is 5.91 Å². The zero-order valence-electron chi connectivity index (χ0n) is 12.1. The first kappa shape index (κ1) is 15.2. The molecule has 18 heavy (non-hydrogen) atoms. The van der Waals surface area contributed by atoms with Crippen LogP contribution in [0.2, 0.25) is 0 Å². The van der Waals surface area contributed by atoms with Crippen molar-refractivity contribution in [3.63, 3.8) is 0 Å². The number of rotatable bonds is 5. The minimum Gasteiger partial charge on any atom is -0.351 e. The van der Waals surface area contributed by atoms with Gasteiger partial charge < -0.3 is 10.6 Å². The summed E-state index contributed by atoms with van der Waals surface area (Å²) in [5.74, 6) is 0.883. The second kappa shape index (κ2) is 6.93. The lowest BCUT2D eigenvalue weighted by molar-refractivity contribution is -0.128. The van der Waals surface area contributed by atoms with Crippen molar-refractivity contribution in [3.8, 4) is 0 Å². The smallest absolute Gasteiger partial charge is 0.223 e. The standard InChI is InChI=1S/C15H28N2O/c1-5-6-7-13(12-8-10-16-11-9-12)14(18)17-15(2,3)4/h5,12-13,16H,1,6-11H2,2-4H3,(H,17,18). The second-order valence-electron chi connectivity index (χ2n) is 6.30. The average molecular weight is 252 g/mol. The molecule has 1 aliphatic rings. The molecule has 3 heteroatoms. The van der Waals surface area contributed by atoms with Gasteiger partial charge in [0.1, 0.15) is 0 Å². The van der Waals surface area contributed by atoms with Gasteiger partial charge in [0.15, 0.2) is 0 Å². The van der Waals surface area contributed by atoms with Crippen LogP contribution in [0.1, 0.15) is 46.5 Å². The Morgan fingerprint density at radius 3 is 2.56 bits per heavy atom. The van der Waals surface area contributed by atoms with Gasteiger partial charge in [0, 0.05) is 11.5 Å². The first-order chi connectivity index (χ1) is 8.44.